The monoisotopic (exact) mass is 483 g/mol. The Morgan fingerprint density at radius 1 is 0.971 bits per heavy atom. The highest BCUT2D eigenvalue weighted by Gasteiger charge is 2.34. The molecule has 5 N–H and O–H groups in total. The second-order valence-corrected chi connectivity index (χ2v) is 9.34. The van der Waals surface area contributed by atoms with Gasteiger partial charge in [-0.25, -0.2) is 9.59 Å². The summed E-state index contributed by atoms with van der Waals surface area (Å²) in [5, 5.41) is 24.0. The fourth-order valence-corrected chi connectivity index (χ4v) is 5.43. The van der Waals surface area contributed by atoms with Crippen LogP contribution in [0.25, 0.3) is 10.9 Å². The lowest BCUT2D eigenvalue weighted by molar-refractivity contribution is -0.147. The van der Waals surface area contributed by atoms with Crippen molar-refractivity contribution in [3.8, 4) is 0 Å². The summed E-state index contributed by atoms with van der Waals surface area (Å²) in [4.78, 5) is 35.2. The normalized spacial score (nSPS) is 23.6. The van der Waals surface area contributed by atoms with Crippen LogP contribution in [0.5, 0.6) is 0 Å². The van der Waals surface area contributed by atoms with Crippen molar-refractivity contribution in [1.29, 1.82) is 0 Å². The lowest BCUT2D eigenvalue weighted by Crippen LogP contribution is -2.43. The van der Waals surface area contributed by atoms with E-state index in [4.69, 9.17) is 14.9 Å². The molecule has 1 aromatic carbocycles. The van der Waals surface area contributed by atoms with Crippen molar-refractivity contribution in [1.82, 2.24) is 15.6 Å². The van der Waals surface area contributed by atoms with E-state index >= 15 is 0 Å². The van der Waals surface area contributed by atoms with E-state index < -0.39 is 11.9 Å². The maximum Gasteiger partial charge on any atom is 0.328 e. The van der Waals surface area contributed by atoms with Gasteiger partial charge in [-0.15, -0.1) is 0 Å². The van der Waals surface area contributed by atoms with E-state index in [1.165, 1.54) is 41.3 Å². The van der Waals surface area contributed by atoms with E-state index in [-0.39, 0.29) is 12.0 Å². The summed E-state index contributed by atoms with van der Waals surface area (Å²) >= 11 is 0. The van der Waals surface area contributed by atoms with Gasteiger partial charge in [0.15, 0.2) is 0 Å². The average molecular weight is 484 g/mol. The number of carboxylic acid groups (broad SMARTS) is 2. The third kappa shape index (κ3) is 6.10. The molecule has 188 valence electrons. The van der Waals surface area contributed by atoms with Crippen molar-refractivity contribution in [3.05, 3.63) is 47.2 Å². The zero-order valence-electron chi connectivity index (χ0n) is 19.7. The number of aliphatic carboxylic acids is 2. The topological polar surface area (TPSA) is 141 Å². The summed E-state index contributed by atoms with van der Waals surface area (Å²) in [6.07, 6.45) is 8.98. The summed E-state index contributed by atoms with van der Waals surface area (Å²) in [7, 11) is 0. The summed E-state index contributed by atoms with van der Waals surface area (Å²) in [6.45, 7) is 2.36. The van der Waals surface area contributed by atoms with Crippen molar-refractivity contribution in [2.75, 3.05) is 13.1 Å². The quantitative estimate of drug-likeness (QED) is 0.323. The number of piperidine rings is 1. The van der Waals surface area contributed by atoms with Crippen LogP contribution in [0.15, 0.2) is 30.4 Å². The Morgan fingerprint density at radius 3 is 2.51 bits per heavy atom. The molecule has 3 aliphatic rings. The summed E-state index contributed by atoms with van der Waals surface area (Å²) < 4.78 is 5.74. The number of hydrogen-bond acceptors (Lipinski definition) is 6. The minimum atomic E-state index is -1.26. The van der Waals surface area contributed by atoms with Crippen LogP contribution in [0.1, 0.15) is 61.3 Å². The molecule has 9 heteroatoms. The number of benzene rings is 1. The zero-order valence-corrected chi connectivity index (χ0v) is 19.7. The molecule has 2 aliphatic heterocycles. The van der Waals surface area contributed by atoms with Crippen LogP contribution in [0.4, 0.5) is 0 Å². The Hall–Kier alpha value is -3.17. The smallest absolute Gasteiger partial charge is 0.328 e. The fraction of sp³-hybridized carbons (Fsp3) is 0.500. The van der Waals surface area contributed by atoms with Crippen LogP contribution < -0.4 is 10.6 Å². The molecule has 2 unspecified atom stereocenters. The van der Waals surface area contributed by atoms with Crippen LogP contribution in [-0.4, -0.2) is 58.3 Å². The lowest BCUT2D eigenvalue weighted by atomic mass is 9.75. The van der Waals surface area contributed by atoms with Crippen molar-refractivity contribution < 1.29 is 29.3 Å². The second-order valence-electron chi connectivity index (χ2n) is 9.34. The summed E-state index contributed by atoms with van der Waals surface area (Å²) in [6, 6.07) is 6.95. The van der Waals surface area contributed by atoms with E-state index in [9.17, 15) is 14.4 Å². The number of carbonyl (C=O) groups is 3. The predicted molar refractivity (Wildman–Crippen MR) is 130 cm³/mol. The van der Waals surface area contributed by atoms with E-state index in [0.29, 0.717) is 30.7 Å². The van der Waals surface area contributed by atoms with Gasteiger partial charge in [-0.05, 0) is 62.4 Å². The largest absolute Gasteiger partial charge is 0.478 e. The first kappa shape index (κ1) is 24.9. The SMILES string of the molecule is O=C(O)/C=C\C(=O)O.O=C(OCc1[nH]c2cccc3c2c1C[C@H]1NCCCC31)C1CCCCCN1. The van der Waals surface area contributed by atoms with Crippen LogP contribution in [0.3, 0.4) is 0 Å². The highest BCUT2D eigenvalue weighted by atomic mass is 16.5. The van der Waals surface area contributed by atoms with E-state index in [1.54, 1.807) is 0 Å². The number of aromatic amines is 1. The molecule has 5 rings (SSSR count). The van der Waals surface area contributed by atoms with Gasteiger partial charge in [0.1, 0.15) is 12.6 Å². The first-order chi connectivity index (χ1) is 16.9. The molecule has 2 aromatic rings. The van der Waals surface area contributed by atoms with Gasteiger partial charge in [0, 0.05) is 35.0 Å². The maximum atomic E-state index is 12.5. The number of rotatable bonds is 5. The van der Waals surface area contributed by atoms with Crippen LogP contribution in [0.2, 0.25) is 0 Å². The Labute approximate surface area is 203 Å². The molecule has 0 bridgehead atoms. The first-order valence-corrected chi connectivity index (χ1v) is 12.3. The van der Waals surface area contributed by atoms with Gasteiger partial charge in [0.25, 0.3) is 0 Å². The third-order valence-electron chi connectivity index (χ3n) is 7.03. The standard InChI is InChI=1S/C22H29N3O2.C4H4O4/c26-22(18-8-2-1-3-10-23-18)27-13-20-16-12-19-14(7-5-11-24-19)15-6-4-9-17(25-20)21(15)16;5-3(6)1-2-4(7)8/h4,6,9,14,18-19,23-25H,1-3,5,7-8,10-13H2;1-2H,(H,5,6)(H,7,8)/b;2-1-/t14?,18?,19-;/m1./s1. The molecule has 1 aliphatic carbocycles. The molecule has 3 heterocycles. The molecule has 0 amide bonds. The number of fused-ring (bicyclic) bond motifs is 2. The fourth-order valence-electron chi connectivity index (χ4n) is 5.43. The number of H-pyrrole nitrogens is 1. The number of nitrogens with one attached hydrogen (secondary N) is 3. The van der Waals surface area contributed by atoms with Crippen molar-refractivity contribution in [3.63, 3.8) is 0 Å². The Bertz CT molecular complexity index is 1080. The number of carboxylic acids is 2. The molecular formula is C26H33N3O6. The van der Waals surface area contributed by atoms with Crippen molar-refractivity contribution in [2.24, 2.45) is 0 Å². The maximum absolute atomic E-state index is 12.5. The minimum absolute atomic E-state index is 0.104. The molecule has 0 spiro atoms. The second kappa shape index (κ2) is 11.5. The van der Waals surface area contributed by atoms with Crippen molar-refractivity contribution >= 4 is 28.8 Å². The molecule has 0 radical (unpaired) electrons. The molecule has 2 fully saturated rings. The van der Waals surface area contributed by atoms with Crippen LogP contribution in [-0.2, 0) is 32.1 Å². The van der Waals surface area contributed by atoms with Gasteiger partial charge in [-0.2, -0.15) is 0 Å². The van der Waals surface area contributed by atoms with E-state index in [2.05, 4.69) is 33.8 Å². The predicted octanol–water partition coefficient (Wildman–Crippen LogP) is 2.85. The number of ether oxygens (including phenoxy) is 1. The first-order valence-electron chi connectivity index (χ1n) is 12.3. The van der Waals surface area contributed by atoms with Gasteiger partial charge in [-0.3, -0.25) is 4.79 Å². The van der Waals surface area contributed by atoms with E-state index in [1.807, 2.05) is 0 Å². The van der Waals surface area contributed by atoms with E-state index in [0.717, 1.165) is 44.5 Å². The van der Waals surface area contributed by atoms with Gasteiger partial charge in [0.05, 0.1) is 5.69 Å². The number of esters is 1. The van der Waals surface area contributed by atoms with Gasteiger partial charge >= 0.3 is 17.9 Å². The molecule has 9 nitrogen and oxygen atoms in total. The van der Waals surface area contributed by atoms with Gasteiger partial charge < -0.3 is 30.6 Å². The molecule has 2 saturated heterocycles. The highest BCUT2D eigenvalue weighted by molar-refractivity contribution is 5.90. The summed E-state index contributed by atoms with van der Waals surface area (Å²) in [5.74, 6) is -2.01. The average Bonchev–Trinajstić information content (AvgIpc) is 3.02. The van der Waals surface area contributed by atoms with Crippen LogP contribution >= 0.6 is 0 Å². The Kier molecular flexibility index (Phi) is 8.20. The summed E-state index contributed by atoms with van der Waals surface area (Å²) in [5.41, 5.74) is 5.07. The van der Waals surface area contributed by atoms with Crippen molar-refractivity contribution in [2.45, 2.75) is 69.6 Å². The molecule has 1 aromatic heterocycles. The highest BCUT2D eigenvalue weighted by Crippen LogP contribution is 2.42. The third-order valence-corrected chi connectivity index (χ3v) is 7.03. The molecule has 35 heavy (non-hydrogen) atoms. The Balaban J connectivity index is 0.000000314. The molecule has 0 saturated carbocycles. The zero-order chi connectivity index (χ0) is 24.8. The van der Waals surface area contributed by atoms with Crippen LogP contribution in [0, 0.1) is 0 Å². The Morgan fingerprint density at radius 2 is 1.74 bits per heavy atom. The minimum Gasteiger partial charge on any atom is -0.478 e. The van der Waals surface area contributed by atoms with Gasteiger partial charge in [0.2, 0.25) is 0 Å². The van der Waals surface area contributed by atoms with Gasteiger partial charge in [-0.1, -0.05) is 25.0 Å². The number of aromatic nitrogens is 1. The lowest BCUT2D eigenvalue weighted by Gasteiger charge is -2.37. The number of hydrogen-bond donors (Lipinski definition) is 5. The number of carbonyl (C=O) groups excluding carboxylic acids is 1. The molecular weight excluding hydrogens is 450 g/mol. The molecule has 3 atom stereocenters.